The Hall–Kier alpha value is -1.80. The van der Waals surface area contributed by atoms with Gasteiger partial charge in [0.15, 0.2) is 0 Å². The minimum absolute atomic E-state index is 0.609. The third-order valence-electron chi connectivity index (χ3n) is 2.81. The summed E-state index contributed by atoms with van der Waals surface area (Å²) in [6.07, 6.45) is 4.86. The molecule has 1 aromatic carbocycles. The molecule has 0 amide bonds. The average Bonchev–Trinajstić information content (AvgIpc) is 2.84. The van der Waals surface area contributed by atoms with E-state index >= 15 is 0 Å². The highest BCUT2D eigenvalue weighted by Gasteiger charge is 2.05. The molecule has 0 saturated heterocycles. The van der Waals surface area contributed by atoms with Gasteiger partial charge in [0.1, 0.15) is 11.9 Å². The number of hydrogen-bond acceptors (Lipinski definition) is 3. The second-order valence-corrected chi connectivity index (χ2v) is 5.11. The molecule has 0 unspecified atom stereocenters. The van der Waals surface area contributed by atoms with Crippen LogP contribution in [0, 0.1) is 11.3 Å². The molecule has 4 nitrogen and oxygen atoms in total. The predicted octanol–water partition coefficient (Wildman–Crippen LogP) is 3.54. The number of nitriles is 1. The summed E-state index contributed by atoms with van der Waals surface area (Å²) in [4.78, 5) is 4.33. The minimum atomic E-state index is 0.609. The van der Waals surface area contributed by atoms with E-state index in [1.807, 2.05) is 18.3 Å². The number of benzene rings is 1. The molecule has 0 fully saturated rings. The first-order chi connectivity index (χ1) is 9.24. The lowest BCUT2D eigenvalue weighted by Crippen LogP contribution is -2.09. The molecule has 1 N–H and O–H groups in total. The quantitative estimate of drug-likeness (QED) is 0.917. The minimum Gasteiger partial charge on any atom is -0.377 e. The van der Waals surface area contributed by atoms with E-state index in [1.54, 1.807) is 12.3 Å². The van der Waals surface area contributed by atoms with Crippen LogP contribution in [-0.2, 0) is 13.1 Å². The molecule has 0 aliphatic carbocycles. The Morgan fingerprint density at radius 3 is 3.05 bits per heavy atom. The van der Waals surface area contributed by atoms with Gasteiger partial charge in [0.25, 0.3) is 0 Å². The van der Waals surface area contributed by atoms with Crippen LogP contribution in [0.4, 0.5) is 5.69 Å². The molecule has 0 aliphatic heterocycles. The molecule has 0 atom stereocenters. The van der Waals surface area contributed by atoms with Crippen molar-refractivity contribution < 1.29 is 0 Å². The van der Waals surface area contributed by atoms with Crippen LogP contribution in [-0.4, -0.2) is 9.55 Å². The molecule has 0 spiro atoms. The van der Waals surface area contributed by atoms with Gasteiger partial charge in [-0.25, -0.2) is 4.98 Å². The number of nitrogens with one attached hydrogen (secondary N) is 1. The standard InChI is InChI=1S/C14H15BrN4/c1-2-6-19-7-5-17-14(19)10-18-13-8-12(15)4-3-11(13)9-16/h3-5,7-8,18H,2,6,10H2,1H3. The van der Waals surface area contributed by atoms with Crippen LogP contribution in [0.1, 0.15) is 24.7 Å². The number of hydrogen-bond donors (Lipinski definition) is 1. The van der Waals surface area contributed by atoms with Gasteiger partial charge in [-0.05, 0) is 24.6 Å². The topological polar surface area (TPSA) is 53.6 Å². The molecule has 2 aromatic rings. The van der Waals surface area contributed by atoms with Crippen molar-refractivity contribution in [3.63, 3.8) is 0 Å². The van der Waals surface area contributed by atoms with Gasteiger partial charge in [0.05, 0.1) is 17.8 Å². The Bertz CT molecular complexity index is 598. The largest absolute Gasteiger partial charge is 0.377 e. The molecule has 19 heavy (non-hydrogen) atoms. The maximum atomic E-state index is 9.08. The zero-order valence-corrected chi connectivity index (χ0v) is 12.3. The molecule has 0 saturated carbocycles. The third-order valence-corrected chi connectivity index (χ3v) is 3.30. The summed E-state index contributed by atoms with van der Waals surface area (Å²) in [5.74, 6) is 0.978. The van der Waals surface area contributed by atoms with E-state index < -0.39 is 0 Å². The molecule has 2 rings (SSSR count). The van der Waals surface area contributed by atoms with Gasteiger partial charge in [-0.15, -0.1) is 0 Å². The highest BCUT2D eigenvalue weighted by molar-refractivity contribution is 9.10. The number of rotatable bonds is 5. The maximum absolute atomic E-state index is 9.08. The highest BCUT2D eigenvalue weighted by atomic mass is 79.9. The number of halogens is 1. The fourth-order valence-electron chi connectivity index (χ4n) is 1.89. The van der Waals surface area contributed by atoms with Crippen LogP contribution < -0.4 is 5.32 Å². The number of imidazole rings is 1. The summed E-state index contributed by atoms with van der Waals surface area (Å²) < 4.78 is 3.07. The van der Waals surface area contributed by atoms with E-state index in [1.165, 1.54) is 0 Å². The lowest BCUT2D eigenvalue weighted by atomic mass is 10.2. The molecule has 0 radical (unpaired) electrons. The van der Waals surface area contributed by atoms with Crippen molar-refractivity contribution >= 4 is 21.6 Å². The highest BCUT2D eigenvalue weighted by Crippen LogP contribution is 2.21. The Kier molecular flexibility index (Phi) is 4.58. The van der Waals surface area contributed by atoms with Crippen molar-refractivity contribution in [3.05, 3.63) is 46.5 Å². The van der Waals surface area contributed by atoms with E-state index in [9.17, 15) is 0 Å². The van der Waals surface area contributed by atoms with Crippen LogP contribution in [0.5, 0.6) is 0 Å². The smallest absolute Gasteiger partial charge is 0.128 e. The van der Waals surface area contributed by atoms with Crippen molar-refractivity contribution in [1.82, 2.24) is 9.55 Å². The first kappa shape index (κ1) is 13.6. The van der Waals surface area contributed by atoms with Gasteiger partial charge in [-0.3, -0.25) is 0 Å². The molecule has 0 bridgehead atoms. The van der Waals surface area contributed by atoms with Gasteiger partial charge < -0.3 is 9.88 Å². The molecule has 0 aliphatic rings. The summed E-state index contributed by atoms with van der Waals surface area (Å²) in [5.41, 5.74) is 1.46. The first-order valence-corrected chi connectivity index (χ1v) is 6.97. The molecule has 1 heterocycles. The fraction of sp³-hybridized carbons (Fsp3) is 0.286. The van der Waals surface area contributed by atoms with Gasteiger partial charge in [0, 0.05) is 23.4 Å². The van der Waals surface area contributed by atoms with E-state index in [-0.39, 0.29) is 0 Å². The van der Waals surface area contributed by atoms with Crippen molar-refractivity contribution in [2.45, 2.75) is 26.4 Å². The van der Waals surface area contributed by atoms with Crippen LogP contribution in [0.2, 0.25) is 0 Å². The lowest BCUT2D eigenvalue weighted by molar-refractivity contribution is 0.644. The van der Waals surface area contributed by atoms with E-state index in [0.717, 1.165) is 29.0 Å². The van der Waals surface area contributed by atoms with Gasteiger partial charge >= 0.3 is 0 Å². The van der Waals surface area contributed by atoms with Crippen LogP contribution in [0.3, 0.4) is 0 Å². The van der Waals surface area contributed by atoms with E-state index in [0.29, 0.717) is 12.1 Å². The molecule has 1 aromatic heterocycles. The third kappa shape index (κ3) is 3.36. The van der Waals surface area contributed by atoms with Crippen LogP contribution >= 0.6 is 15.9 Å². The molecular formula is C14H15BrN4. The SMILES string of the molecule is CCCn1ccnc1CNc1cc(Br)ccc1C#N. The van der Waals surface area contributed by atoms with Crippen molar-refractivity contribution in [2.75, 3.05) is 5.32 Å². The Morgan fingerprint density at radius 2 is 2.32 bits per heavy atom. The Balaban J connectivity index is 2.12. The predicted molar refractivity (Wildman–Crippen MR) is 78.7 cm³/mol. The monoisotopic (exact) mass is 318 g/mol. The van der Waals surface area contributed by atoms with Crippen molar-refractivity contribution in [3.8, 4) is 6.07 Å². The number of aryl methyl sites for hydroxylation is 1. The fourth-order valence-corrected chi connectivity index (χ4v) is 2.25. The lowest BCUT2D eigenvalue weighted by Gasteiger charge is -2.10. The first-order valence-electron chi connectivity index (χ1n) is 6.18. The zero-order valence-electron chi connectivity index (χ0n) is 10.7. The van der Waals surface area contributed by atoms with Gasteiger partial charge in [0.2, 0.25) is 0 Å². The zero-order chi connectivity index (χ0) is 13.7. The Labute approximate surface area is 121 Å². The van der Waals surface area contributed by atoms with Crippen LogP contribution in [0.25, 0.3) is 0 Å². The second kappa shape index (κ2) is 6.39. The normalized spacial score (nSPS) is 10.2. The summed E-state index contributed by atoms with van der Waals surface area (Å²) in [6, 6.07) is 7.75. The molecular weight excluding hydrogens is 304 g/mol. The van der Waals surface area contributed by atoms with Crippen molar-refractivity contribution in [2.24, 2.45) is 0 Å². The van der Waals surface area contributed by atoms with E-state index in [2.05, 4.69) is 43.8 Å². The summed E-state index contributed by atoms with van der Waals surface area (Å²) >= 11 is 3.41. The van der Waals surface area contributed by atoms with Gasteiger partial charge in [-0.2, -0.15) is 5.26 Å². The number of anilines is 1. The van der Waals surface area contributed by atoms with Gasteiger partial charge in [-0.1, -0.05) is 22.9 Å². The average molecular weight is 319 g/mol. The molecule has 5 heteroatoms. The van der Waals surface area contributed by atoms with Crippen LogP contribution in [0.15, 0.2) is 35.1 Å². The Morgan fingerprint density at radius 1 is 1.47 bits per heavy atom. The van der Waals surface area contributed by atoms with E-state index in [4.69, 9.17) is 5.26 Å². The number of aromatic nitrogens is 2. The number of nitrogens with zero attached hydrogens (tertiary/aromatic N) is 3. The maximum Gasteiger partial charge on any atom is 0.128 e. The summed E-state index contributed by atoms with van der Waals surface area (Å²) in [7, 11) is 0. The second-order valence-electron chi connectivity index (χ2n) is 4.19. The summed E-state index contributed by atoms with van der Waals surface area (Å²) in [5, 5.41) is 12.3. The summed E-state index contributed by atoms with van der Waals surface area (Å²) in [6.45, 7) is 3.71. The molecule has 98 valence electrons. The van der Waals surface area contributed by atoms with Crippen molar-refractivity contribution in [1.29, 1.82) is 5.26 Å².